The third kappa shape index (κ3) is 5.57. The molecule has 1 aromatic rings. The molecule has 0 nitrogen and oxygen atoms in total. The molecule has 3 rings (SSSR count). The van der Waals surface area contributed by atoms with Crippen molar-refractivity contribution in [1.82, 2.24) is 0 Å². The molecule has 0 radical (unpaired) electrons. The van der Waals surface area contributed by atoms with Gasteiger partial charge in [0, 0.05) is 0 Å². The lowest BCUT2D eigenvalue weighted by Gasteiger charge is -2.38. The molecule has 2 aliphatic rings. The van der Waals surface area contributed by atoms with Crippen LogP contribution in [0.5, 0.6) is 0 Å². The molecule has 0 spiro atoms. The van der Waals surface area contributed by atoms with Gasteiger partial charge in [0.2, 0.25) is 0 Å². The van der Waals surface area contributed by atoms with Crippen LogP contribution in [-0.2, 0) is 0 Å². The summed E-state index contributed by atoms with van der Waals surface area (Å²) in [7, 11) is 0. The standard InChI is InChI=1S/C25H39F/c1-2-3-4-5-6-9-20-12-14-21(15-13-20)22-16-18-23(19-17-22)24-10-7-8-11-25(24)26/h7-8,10-11,20-23H,2-6,9,12-19H2,1H3. The summed E-state index contributed by atoms with van der Waals surface area (Å²) in [6.45, 7) is 2.30. The first-order valence-corrected chi connectivity index (χ1v) is 11.5. The van der Waals surface area contributed by atoms with E-state index in [0.717, 1.165) is 23.3 Å². The molecule has 0 heterocycles. The molecule has 0 aromatic heterocycles. The lowest BCUT2D eigenvalue weighted by Crippen LogP contribution is -2.25. The highest BCUT2D eigenvalue weighted by Crippen LogP contribution is 2.44. The summed E-state index contributed by atoms with van der Waals surface area (Å²) < 4.78 is 14.0. The second kappa shape index (κ2) is 10.5. The van der Waals surface area contributed by atoms with Crippen LogP contribution < -0.4 is 0 Å². The van der Waals surface area contributed by atoms with Crippen molar-refractivity contribution in [3.8, 4) is 0 Å². The van der Waals surface area contributed by atoms with Crippen molar-refractivity contribution in [3.05, 3.63) is 35.6 Å². The molecule has 2 aliphatic carbocycles. The quantitative estimate of drug-likeness (QED) is 0.410. The Bertz CT molecular complexity index is 507. The zero-order valence-corrected chi connectivity index (χ0v) is 16.9. The highest BCUT2D eigenvalue weighted by Gasteiger charge is 2.31. The van der Waals surface area contributed by atoms with E-state index in [0.29, 0.717) is 5.92 Å². The lowest BCUT2D eigenvalue weighted by molar-refractivity contribution is 0.155. The summed E-state index contributed by atoms with van der Waals surface area (Å²) in [5, 5.41) is 0. The van der Waals surface area contributed by atoms with Gasteiger partial charge in [-0.25, -0.2) is 4.39 Å². The largest absolute Gasteiger partial charge is 0.207 e. The second-order valence-corrected chi connectivity index (χ2v) is 9.12. The number of rotatable bonds is 8. The highest BCUT2D eigenvalue weighted by atomic mass is 19.1. The molecular formula is C25H39F. The first-order chi connectivity index (χ1) is 12.8. The third-order valence-corrected chi connectivity index (χ3v) is 7.39. The van der Waals surface area contributed by atoms with Gasteiger partial charge in [-0.1, -0.05) is 76.5 Å². The van der Waals surface area contributed by atoms with Gasteiger partial charge in [-0.3, -0.25) is 0 Å². The van der Waals surface area contributed by atoms with Gasteiger partial charge in [-0.05, 0) is 73.8 Å². The van der Waals surface area contributed by atoms with Crippen molar-refractivity contribution >= 4 is 0 Å². The molecule has 0 bridgehead atoms. The Morgan fingerprint density at radius 3 is 2.04 bits per heavy atom. The summed E-state index contributed by atoms with van der Waals surface area (Å²) in [4.78, 5) is 0. The minimum absolute atomic E-state index is 0.00962. The first-order valence-electron chi connectivity index (χ1n) is 11.5. The number of hydrogen-bond donors (Lipinski definition) is 0. The molecule has 26 heavy (non-hydrogen) atoms. The topological polar surface area (TPSA) is 0 Å². The molecule has 0 amide bonds. The normalized spacial score (nSPS) is 29.6. The van der Waals surface area contributed by atoms with Gasteiger partial charge in [-0.15, -0.1) is 0 Å². The highest BCUT2D eigenvalue weighted by molar-refractivity contribution is 5.22. The van der Waals surface area contributed by atoms with E-state index in [1.807, 2.05) is 18.2 Å². The SMILES string of the molecule is CCCCCCCC1CCC(C2CCC(c3ccccc3F)CC2)CC1. The van der Waals surface area contributed by atoms with Crippen molar-refractivity contribution in [2.24, 2.45) is 17.8 Å². The molecular weight excluding hydrogens is 319 g/mol. The summed E-state index contributed by atoms with van der Waals surface area (Å²) in [6, 6.07) is 7.44. The van der Waals surface area contributed by atoms with E-state index in [4.69, 9.17) is 0 Å². The third-order valence-electron chi connectivity index (χ3n) is 7.39. The van der Waals surface area contributed by atoms with Crippen molar-refractivity contribution in [3.63, 3.8) is 0 Å². The van der Waals surface area contributed by atoms with Gasteiger partial charge in [0.25, 0.3) is 0 Å². The Balaban J connectivity index is 1.35. The molecule has 146 valence electrons. The smallest absolute Gasteiger partial charge is 0.126 e. The Labute approximate surface area is 161 Å². The fourth-order valence-corrected chi connectivity index (χ4v) is 5.69. The van der Waals surface area contributed by atoms with Gasteiger partial charge in [0.1, 0.15) is 5.82 Å². The van der Waals surface area contributed by atoms with Crippen molar-refractivity contribution < 1.29 is 4.39 Å². The van der Waals surface area contributed by atoms with Gasteiger partial charge >= 0.3 is 0 Å². The lowest BCUT2D eigenvalue weighted by atomic mass is 9.68. The van der Waals surface area contributed by atoms with Crippen LogP contribution in [0.15, 0.2) is 24.3 Å². The van der Waals surface area contributed by atoms with Crippen molar-refractivity contribution in [1.29, 1.82) is 0 Å². The summed E-state index contributed by atoms with van der Waals surface area (Å²) in [5.41, 5.74) is 0.970. The Hall–Kier alpha value is -0.850. The average molecular weight is 359 g/mol. The summed E-state index contributed by atoms with van der Waals surface area (Å²) in [5.74, 6) is 3.38. The van der Waals surface area contributed by atoms with Crippen LogP contribution in [0.25, 0.3) is 0 Å². The van der Waals surface area contributed by atoms with E-state index >= 15 is 0 Å². The monoisotopic (exact) mass is 358 g/mol. The number of halogens is 1. The van der Waals surface area contributed by atoms with E-state index in [2.05, 4.69) is 6.92 Å². The van der Waals surface area contributed by atoms with Crippen molar-refractivity contribution in [2.75, 3.05) is 0 Å². The molecule has 2 fully saturated rings. The number of unbranched alkanes of at least 4 members (excludes halogenated alkanes) is 4. The maximum atomic E-state index is 14.0. The number of benzene rings is 1. The van der Waals surface area contributed by atoms with Crippen LogP contribution in [0, 0.1) is 23.6 Å². The predicted octanol–water partition coefficient (Wildman–Crippen LogP) is 8.27. The molecule has 0 unspecified atom stereocenters. The van der Waals surface area contributed by atoms with Gasteiger partial charge < -0.3 is 0 Å². The molecule has 0 atom stereocenters. The number of hydrogen-bond acceptors (Lipinski definition) is 0. The first kappa shape index (κ1) is 19.9. The fraction of sp³-hybridized carbons (Fsp3) is 0.760. The molecule has 1 heteroatoms. The predicted molar refractivity (Wildman–Crippen MR) is 110 cm³/mol. The second-order valence-electron chi connectivity index (χ2n) is 9.12. The van der Waals surface area contributed by atoms with Crippen LogP contribution in [0.1, 0.15) is 108 Å². The van der Waals surface area contributed by atoms with E-state index in [-0.39, 0.29) is 5.82 Å². The molecule has 2 saturated carbocycles. The zero-order valence-electron chi connectivity index (χ0n) is 16.9. The van der Waals surface area contributed by atoms with Crippen LogP contribution in [0.3, 0.4) is 0 Å². The maximum Gasteiger partial charge on any atom is 0.126 e. The molecule has 0 N–H and O–H groups in total. The minimum Gasteiger partial charge on any atom is -0.207 e. The van der Waals surface area contributed by atoms with E-state index in [1.54, 1.807) is 6.07 Å². The summed E-state index contributed by atoms with van der Waals surface area (Å²) in [6.07, 6.45) is 19.5. The molecule has 0 aliphatic heterocycles. The Morgan fingerprint density at radius 2 is 1.38 bits per heavy atom. The summed E-state index contributed by atoms with van der Waals surface area (Å²) >= 11 is 0. The Kier molecular flexibility index (Phi) is 8.02. The van der Waals surface area contributed by atoms with E-state index in [9.17, 15) is 4.39 Å². The molecule has 0 saturated heterocycles. The van der Waals surface area contributed by atoms with E-state index < -0.39 is 0 Å². The fourth-order valence-electron chi connectivity index (χ4n) is 5.69. The zero-order chi connectivity index (χ0) is 18.2. The van der Waals surface area contributed by atoms with Crippen LogP contribution in [-0.4, -0.2) is 0 Å². The maximum absolute atomic E-state index is 14.0. The van der Waals surface area contributed by atoms with Crippen molar-refractivity contribution in [2.45, 2.75) is 103 Å². The average Bonchev–Trinajstić information content (AvgIpc) is 2.69. The van der Waals surface area contributed by atoms with Crippen LogP contribution in [0.2, 0.25) is 0 Å². The van der Waals surface area contributed by atoms with Gasteiger partial charge in [0.05, 0.1) is 0 Å². The minimum atomic E-state index is 0.00962. The van der Waals surface area contributed by atoms with E-state index in [1.165, 1.54) is 89.9 Å². The molecule has 1 aromatic carbocycles. The van der Waals surface area contributed by atoms with Gasteiger partial charge in [-0.2, -0.15) is 0 Å². The van der Waals surface area contributed by atoms with Gasteiger partial charge in [0.15, 0.2) is 0 Å². The van der Waals surface area contributed by atoms with Crippen LogP contribution >= 0.6 is 0 Å². The van der Waals surface area contributed by atoms with Crippen LogP contribution in [0.4, 0.5) is 4.39 Å². The Morgan fingerprint density at radius 1 is 0.769 bits per heavy atom.